The number of ether oxygens (including phenoxy) is 4. The second kappa shape index (κ2) is 8.32. The van der Waals surface area contributed by atoms with Gasteiger partial charge in [0.25, 0.3) is 5.91 Å². The molecule has 28 heavy (non-hydrogen) atoms. The van der Waals surface area contributed by atoms with Crippen molar-refractivity contribution in [2.24, 2.45) is 0 Å². The molecule has 0 fully saturated rings. The third-order valence-corrected chi connectivity index (χ3v) is 4.67. The lowest BCUT2D eigenvalue weighted by molar-refractivity contribution is -0.118. The molecule has 1 amide bonds. The summed E-state index contributed by atoms with van der Waals surface area (Å²) in [6, 6.07) is 12.1. The SMILES string of the molecule is O=C(COc1ccc2c(c1)OCO2)Nc1nnc(COc2ccc(Cl)cc2)s1. The summed E-state index contributed by atoms with van der Waals surface area (Å²) in [5.41, 5.74) is 0. The maximum atomic E-state index is 12.0. The second-order valence-corrected chi connectivity index (χ2v) is 7.09. The Bertz CT molecular complexity index is 980. The van der Waals surface area contributed by atoms with Gasteiger partial charge in [-0.25, -0.2) is 0 Å². The number of benzene rings is 2. The number of aromatic nitrogens is 2. The Hall–Kier alpha value is -3.04. The first-order valence-corrected chi connectivity index (χ1v) is 9.38. The minimum atomic E-state index is -0.348. The lowest BCUT2D eigenvalue weighted by Gasteiger charge is -2.06. The van der Waals surface area contributed by atoms with Crippen molar-refractivity contribution in [2.75, 3.05) is 18.7 Å². The van der Waals surface area contributed by atoms with Gasteiger partial charge < -0.3 is 18.9 Å². The van der Waals surface area contributed by atoms with Crippen molar-refractivity contribution in [3.05, 3.63) is 52.5 Å². The maximum Gasteiger partial charge on any atom is 0.264 e. The van der Waals surface area contributed by atoms with E-state index in [0.29, 0.717) is 38.2 Å². The third-order valence-electron chi connectivity index (χ3n) is 3.60. The van der Waals surface area contributed by atoms with Gasteiger partial charge in [-0.2, -0.15) is 0 Å². The molecule has 3 aromatic rings. The highest BCUT2D eigenvalue weighted by Crippen LogP contribution is 2.35. The number of anilines is 1. The number of carbonyl (C=O) groups is 1. The lowest BCUT2D eigenvalue weighted by atomic mass is 10.3. The minimum absolute atomic E-state index is 0.171. The standard InChI is InChI=1S/C18H14ClN3O5S/c19-11-1-3-12(4-2-11)25-9-17-21-22-18(28-17)20-16(23)8-24-13-5-6-14-15(7-13)27-10-26-14/h1-7H,8-10H2,(H,20,22,23). The molecule has 0 unspecified atom stereocenters. The van der Waals surface area contributed by atoms with Crippen molar-refractivity contribution in [3.8, 4) is 23.0 Å². The number of fused-ring (bicyclic) bond motifs is 1. The predicted molar refractivity (Wildman–Crippen MR) is 102 cm³/mol. The van der Waals surface area contributed by atoms with E-state index in [1.165, 1.54) is 11.3 Å². The monoisotopic (exact) mass is 419 g/mol. The fourth-order valence-corrected chi connectivity index (χ4v) is 3.10. The molecule has 0 spiro atoms. The highest BCUT2D eigenvalue weighted by molar-refractivity contribution is 7.15. The Labute approximate surface area is 169 Å². The first kappa shape index (κ1) is 18.3. The number of halogens is 1. The van der Waals surface area contributed by atoms with Crippen LogP contribution in [0.2, 0.25) is 5.02 Å². The van der Waals surface area contributed by atoms with Crippen LogP contribution in [0.4, 0.5) is 5.13 Å². The Morgan fingerprint density at radius 1 is 1.07 bits per heavy atom. The Kier molecular flexibility index (Phi) is 5.45. The van der Waals surface area contributed by atoms with Gasteiger partial charge in [-0.15, -0.1) is 10.2 Å². The quantitative estimate of drug-likeness (QED) is 0.626. The molecule has 1 aromatic heterocycles. The van der Waals surface area contributed by atoms with Crippen molar-refractivity contribution < 1.29 is 23.7 Å². The van der Waals surface area contributed by atoms with Crippen molar-refractivity contribution in [1.82, 2.24) is 10.2 Å². The molecule has 1 N–H and O–H groups in total. The molecule has 0 radical (unpaired) electrons. The summed E-state index contributed by atoms with van der Waals surface area (Å²) in [6.07, 6.45) is 0. The number of nitrogens with one attached hydrogen (secondary N) is 1. The zero-order valence-electron chi connectivity index (χ0n) is 14.4. The summed E-state index contributed by atoms with van der Waals surface area (Å²) in [7, 11) is 0. The van der Waals surface area contributed by atoms with Crippen molar-refractivity contribution in [2.45, 2.75) is 6.61 Å². The summed E-state index contributed by atoms with van der Waals surface area (Å²) in [5, 5.41) is 12.2. The normalized spacial score (nSPS) is 11.9. The number of nitrogens with zero attached hydrogens (tertiary/aromatic N) is 2. The highest BCUT2D eigenvalue weighted by atomic mass is 35.5. The number of rotatable bonds is 7. The molecule has 0 saturated heterocycles. The average Bonchev–Trinajstić information content (AvgIpc) is 3.34. The molecule has 0 bridgehead atoms. The van der Waals surface area contributed by atoms with E-state index in [0.717, 1.165) is 0 Å². The average molecular weight is 420 g/mol. The van der Waals surface area contributed by atoms with E-state index in [2.05, 4.69) is 15.5 Å². The smallest absolute Gasteiger partial charge is 0.264 e. The van der Waals surface area contributed by atoms with Crippen LogP contribution in [0.3, 0.4) is 0 Å². The summed E-state index contributed by atoms with van der Waals surface area (Å²) in [5.74, 6) is 2.07. The third kappa shape index (κ3) is 4.62. The summed E-state index contributed by atoms with van der Waals surface area (Å²) in [4.78, 5) is 12.0. The number of hydrogen-bond donors (Lipinski definition) is 1. The van der Waals surface area contributed by atoms with Crippen LogP contribution in [0.1, 0.15) is 5.01 Å². The Morgan fingerprint density at radius 2 is 1.86 bits per heavy atom. The molecule has 1 aliphatic rings. The Morgan fingerprint density at radius 3 is 2.71 bits per heavy atom. The number of amides is 1. The fraction of sp³-hybridized carbons (Fsp3) is 0.167. The van der Waals surface area contributed by atoms with Gasteiger partial charge in [-0.3, -0.25) is 10.1 Å². The Balaban J connectivity index is 1.25. The van der Waals surface area contributed by atoms with E-state index in [9.17, 15) is 4.79 Å². The summed E-state index contributed by atoms with van der Waals surface area (Å²) >= 11 is 7.06. The number of hydrogen-bond acceptors (Lipinski definition) is 8. The van der Waals surface area contributed by atoms with Gasteiger partial charge in [-0.05, 0) is 36.4 Å². The molecular weight excluding hydrogens is 406 g/mol. The second-order valence-electron chi connectivity index (χ2n) is 5.60. The molecule has 0 atom stereocenters. The van der Waals surface area contributed by atoms with Crippen LogP contribution >= 0.6 is 22.9 Å². The molecule has 4 rings (SSSR count). The zero-order chi connectivity index (χ0) is 19.3. The van der Waals surface area contributed by atoms with E-state index in [1.54, 1.807) is 42.5 Å². The topological polar surface area (TPSA) is 91.8 Å². The largest absolute Gasteiger partial charge is 0.486 e. The molecular formula is C18H14ClN3O5S. The predicted octanol–water partition coefficient (Wildman–Crippen LogP) is 3.52. The first-order chi connectivity index (χ1) is 13.7. The number of carbonyl (C=O) groups excluding carboxylic acids is 1. The fourth-order valence-electron chi connectivity index (χ4n) is 2.31. The highest BCUT2D eigenvalue weighted by Gasteiger charge is 2.15. The van der Waals surface area contributed by atoms with E-state index in [4.69, 9.17) is 30.5 Å². The van der Waals surface area contributed by atoms with Gasteiger partial charge in [0.2, 0.25) is 11.9 Å². The maximum absolute atomic E-state index is 12.0. The summed E-state index contributed by atoms with van der Waals surface area (Å²) < 4.78 is 21.6. The summed E-state index contributed by atoms with van der Waals surface area (Å²) in [6.45, 7) is 0.249. The van der Waals surface area contributed by atoms with Crippen LogP contribution < -0.4 is 24.3 Å². The van der Waals surface area contributed by atoms with Gasteiger partial charge in [0.05, 0.1) is 0 Å². The first-order valence-electron chi connectivity index (χ1n) is 8.19. The van der Waals surface area contributed by atoms with E-state index in [1.807, 2.05) is 0 Å². The van der Waals surface area contributed by atoms with Crippen LogP contribution in [0.5, 0.6) is 23.0 Å². The van der Waals surface area contributed by atoms with Crippen LogP contribution in [0.15, 0.2) is 42.5 Å². The molecule has 2 heterocycles. The molecule has 8 nitrogen and oxygen atoms in total. The molecule has 0 saturated carbocycles. The van der Waals surface area contributed by atoms with E-state index < -0.39 is 0 Å². The van der Waals surface area contributed by atoms with Gasteiger partial charge in [0.15, 0.2) is 23.1 Å². The molecule has 1 aliphatic heterocycles. The minimum Gasteiger partial charge on any atom is -0.486 e. The lowest BCUT2D eigenvalue weighted by Crippen LogP contribution is -2.20. The van der Waals surface area contributed by atoms with Gasteiger partial charge in [0, 0.05) is 11.1 Å². The van der Waals surface area contributed by atoms with Crippen LogP contribution in [0, 0.1) is 0 Å². The van der Waals surface area contributed by atoms with Crippen molar-refractivity contribution in [1.29, 1.82) is 0 Å². The molecule has 144 valence electrons. The van der Waals surface area contributed by atoms with Crippen LogP contribution in [-0.2, 0) is 11.4 Å². The van der Waals surface area contributed by atoms with Crippen LogP contribution in [0.25, 0.3) is 0 Å². The van der Waals surface area contributed by atoms with Crippen LogP contribution in [-0.4, -0.2) is 29.5 Å². The van der Waals surface area contributed by atoms with E-state index in [-0.39, 0.29) is 25.9 Å². The zero-order valence-corrected chi connectivity index (χ0v) is 16.0. The molecule has 0 aliphatic carbocycles. The molecule has 2 aromatic carbocycles. The van der Waals surface area contributed by atoms with Gasteiger partial charge >= 0.3 is 0 Å². The van der Waals surface area contributed by atoms with Gasteiger partial charge in [0.1, 0.15) is 18.1 Å². The van der Waals surface area contributed by atoms with Gasteiger partial charge in [-0.1, -0.05) is 22.9 Å². The van der Waals surface area contributed by atoms with E-state index >= 15 is 0 Å². The van der Waals surface area contributed by atoms with Crippen molar-refractivity contribution in [3.63, 3.8) is 0 Å². The van der Waals surface area contributed by atoms with Crippen molar-refractivity contribution >= 4 is 34.0 Å². The molecule has 10 heteroatoms.